The summed E-state index contributed by atoms with van der Waals surface area (Å²) >= 11 is 0. The number of nitrogens with zero attached hydrogens (tertiary/aromatic N) is 2. The van der Waals surface area contributed by atoms with Gasteiger partial charge in [-0.05, 0) is 46.5 Å². The van der Waals surface area contributed by atoms with E-state index in [-0.39, 0.29) is 31.1 Å². The van der Waals surface area contributed by atoms with Crippen molar-refractivity contribution in [2.75, 3.05) is 0 Å². The quantitative estimate of drug-likeness (QED) is 0.131. The van der Waals surface area contributed by atoms with E-state index >= 15 is 0 Å². The minimum absolute atomic E-state index is 0. The number of hydrogen-bond acceptors (Lipinski definition) is 3. The Bertz CT molecular complexity index is 2690. The number of benzene rings is 7. The van der Waals surface area contributed by atoms with Crippen LogP contribution in [0.2, 0.25) is 0 Å². The summed E-state index contributed by atoms with van der Waals surface area (Å²) in [6.07, 6.45) is 8.28. The molecule has 2 aromatic heterocycles. The van der Waals surface area contributed by atoms with Crippen LogP contribution in [0.4, 0.5) is 0 Å². The standard InChI is InChI=1S/C46H32N2O.U/c1-2-11-29(12-3-1)33-24-34(26-35(25-33)31-21-22-44-41(27-31)38-17-8-9-20-43(38)49-44)30-13-10-14-32(23-30)42-28-47-45-39-18-6-4-15-36(39)37-16-5-7-19-40(37)46(45)48-42;/h4-10,13-25,28-29H,1-3,11-12H2;/q-2;+2. The summed E-state index contributed by atoms with van der Waals surface area (Å²) in [5.74, 6) is 0.553. The van der Waals surface area contributed by atoms with Crippen LogP contribution in [-0.2, 0) is 0 Å². The second kappa shape index (κ2) is 12.9. The first-order chi connectivity index (χ1) is 24.3. The first kappa shape index (κ1) is 31.2. The maximum atomic E-state index is 6.13. The largest absolute Gasteiger partial charge is 2.00 e. The molecular formula is C46H32N2OU. The van der Waals surface area contributed by atoms with Gasteiger partial charge in [0.1, 0.15) is 0 Å². The van der Waals surface area contributed by atoms with Crippen LogP contribution in [0, 0.1) is 43.2 Å². The van der Waals surface area contributed by atoms with Gasteiger partial charge in [-0.25, -0.2) is 4.98 Å². The van der Waals surface area contributed by atoms with Crippen LogP contribution in [0.25, 0.3) is 88.0 Å². The van der Waals surface area contributed by atoms with Crippen molar-refractivity contribution >= 4 is 54.5 Å². The van der Waals surface area contributed by atoms with Gasteiger partial charge in [0, 0.05) is 10.8 Å². The van der Waals surface area contributed by atoms with E-state index < -0.39 is 0 Å². The van der Waals surface area contributed by atoms with Crippen LogP contribution in [0.15, 0.2) is 132 Å². The third-order valence-electron chi connectivity index (χ3n) is 10.4. The van der Waals surface area contributed by atoms with Gasteiger partial charge in [-0.3, -0.25) is 4.98 Å². The van der Waals surface area contributed by atoms with Crippen LogP contribution in [0.3, 0.4) is 0 Å². The fraction of sp³-hybridized carbons (Fsp3) is 0.130. The molecular weight excluding hydrogens is 835 g/mol. The number of fused-ring (bicyclic) bond motifs is 9. The Morgan fingerprint density at radius 1 is 0.540 bits per heavy atom. The minimum Gasteiger partial charge on any atom is -0.500 e. The predicted molar refractivity (Wildman–Crippen MR) is 202 cm³/mol. The second-order valence-corrected chi connectivity index (χ2v) is 13.4. The number of aromatic nitrogens is 2. The molecule has 0 aliphatic heterocycles. The normalized spacial score (nSPS) is 13.8. The summed E-state index contributed by atoms with van der Waals surface area (Å²) in [4.78, 5) is 10.3. The molecule has 10 rings (SSSR count). The monoisotopic (exact) mass is 866 g/mol. The van der Waals surface area contributed by atoms with Gasteiger partial charge in [-0.2, -0.15) is 35.4 Å². The fourth-order valence-corrected chi connectivity index (χ4v) is 7.98. The van der Waals surface area contributed by atoms with Crippen LogP contribution < -0.4 is 0 Å². The third kappa shape index (κ3) is 5.34. The number of hydrogen-bond donors (Lipinski definition) is 0. The Labute approximate surface area is 314 Å². The smallest absolute Gasteiger partial charge is 0.500 e. The Balaban J connectivity index is 0.00000336. The van der Waals surface area contributed by atoms with Gasteiger partial charge in [0.2, 0.25) is 0 Å². The summed E-state index contributed by atoms with van der Waals surface area (Å²) in [6.45, 7) is 0. The topological polar surface area (TPSA) is 38.9 Å². The van der Waals surface area contributed by atoms with Crippen LogP contribution >= 0.6 is 0 Å². The van der Waals surface area contributed by atoms with Crippen molar-refractivity contribution in [1.29, 1.82) is 0 Å². The number of para-hydroxylation sites is 1. The molecule has 0 atom stereocenters. The zero-order valence-electron chi connectivity index (χ0n) is 27.5. The van der Waals surface area contributed by atoms with Crippen molar-refractivity contribution in [1.82, 2.24) is 9.97 Å². The molecule has 0 radical (unpaired) electrons. The molecule has 1 aliphatic carbocycles. The third-order valence-corrected chi connectivity index (χ3v) is 10.4. The van der Waals surface area contributed by atoms with E-state index in [0.29, 0.717) is 5.92 Å². The SMILES string of the molecule is [U+2].[c-]1c(-c2[c-]c3c(cc2)oc2ccccc23)cc(C2CCCCC2)cc1-c1cccc(-c2cnc3c4ccccc4c4ccccc4c3n2)c1. The van der Waals surface area contributed by atoms with E-state index in [1.54, 1.807) is 0 Å². The number of furan rings is 1. The molecule has 236 valence electrons. The van der Waals surface area contributed by atoms with Crippen molar-refractivity contribution in [2.24, 2.45) is 0 Å². The zero-order valence-corrected chi connectivity index (χ0v) is 31.7. The molecule has 9 aromatic rings. The Kier molecular flexibility index (Phi) is 8.03. The maximum Gasteiger partial charge on any atom is 2.00 e. The van der Waals surface area contributed by atoms with Crippen molar-refractivity contribution in [3.8, 4) is 33.5 Å². The maximum absolute atomic E-state index is 6.13. The predicted octanol–water partition coefficient (Wildman–Crippen LogP) is 12.5. The molecule has 4 heteroatoms. The molecule has 0 bridgehead atoms. The average molecular weight is 867 g/mol. The van der Waals surface area contributed by atoms with Crippen LogP contribution in [0.5, 0.6) is 0 Å². The van der Waals surface area contributed by atoms with Gasteiger partial charge in [-0.1, -0.05) is 127 Å². The van der Waals surface area contributed by atoms with Crippen LogP contribution in [-0.4, -0.2) is 9.97 Å². The van der Waals surface area contributed by atoms with Crippen LogP contribution in [0.1, 0.15) is 43.6 Å². The molecule has 0 N–H and O–H groups in total. The Morgan fingerprint density at radius 2 is 1.22 bits per heavy atom. The van der Waals surface area contributed by atoms with E-state index in [4.69, 9.17) is 14.4 Å². The van der Waals surface area contributed by atoms with E-state index in [0.717, 1.165) is 77.3 Å². The average Bonchev–Trinajstić information content (AvgIpc) is 3.56. The molecule has 0 unspecified atom stereocenters. The molecule has 7 aromatic carbocycles. The fourth-order valence-electron chi connectivity index (χ4n) is 7.98. The first-order valence-electron chi connectivity index (χ1n) is 17.3. The van der Waals surface area contributed by atoms with Crippen molar-refractivity contribution in [3.05, 3.63) is 145 Å². The molecule has 0 saturated heterocycles. The van der Waals surface area contributed by atoms with Gasteiger partial charge in [0.05, 0.1) is 34.1 Å². The molecule has 3 nitrogen and oxygen atoms in total. The minimum atomic E-state index is 0. The van der Waals surface area contributed by atoms with Gasteiger partial charge in [0.25, 0.3) is 0 Å². The first-order valence-corrected chi connectivity index (χ1v) is 17.3. The Hall–Kier alpha value is -4.75. The summed E-state index contributed by atoms with van der Waals surface area (Å²) in [7, 11) is 0. The molecule has 0 amide bonds. The second-order valence-electron chi connectivity index (χ2n) is 13.4. The molecule has 1 aliphatic rings. The van der Waals surface area contributed by atoms with E-state index in [1.807, 2.05) is 18.3 Å². The van der Waals surface area contributed by atoms with Gasteiger partial charge in [0.15, 0.2) is 0 Å². The van der Waals surface area contributed by atoms with E-state index in [2.05, 4.69) is 121 Å². The number of rotatable bonds is 4. The Morgan fingerprint density at radius 3 is 2.02 bits per heavy atom. The summed E-state index contributed by atoms with van der Waals surface area (Å²) in [5, 5.41) is 6.76. The van der Waals surface area contributed by atoms with Gasteiger partial charge >= 0.3 is 31.1 Å². The molecule has 50 heavy (non-hydrogen) atoms. The summed E-state index contributed by atoms with van der Waals surface area (Å²) in [5.41, 5.74) is 11.2. The molecule has 1 saturated carbocycles. The van der Waals surface area contributed by atoms with E-state index in [1.165, 1.54) is 48.4 Å². The molecule has 1 fully saturated rings. The molecule has 0 spiro atoms. The van der Waals surface area contributed by atoms with Gasteiger partial charge in [-0.15, -0.1) is 17.2 Å². The summed E-state index contributed by atoms with van der Waals surface area (Å²) < 4.78 is 6.13. The van der Waals surface area contributed by atoms with Crippen molar-refractivity contribution in [3.63, 3.8) is 0 Å². The van der Waals surface area contributed by atoms with Crippen molar-refractivity contribution < 1.29 is 35.5 Å². The van der Waals surface area contributed by atoms with Gasteiger partial charge < -0.3 is 4.42 Å². The summed E-state index contributed by atoms with van der Waals surface area (Å²) in [6, 6.07) is 50.4. The van der Waals surface area contributed by atoms with E-state index in [9.17, 15) is 0 Å². The van der Waals surface area contributed by atoms with Crippen molar-refractivity contribution in [2.45, 2.75) is 38.0 Å². The molecule has 2 heterocycles. The zero-order chi connectivity index (χ0) is 32.3.